The quantitative estimate of drug-likeness (QED) is 0.445. The Balaban J connectivity index is 1.22. The van der Waals surface area contributed by atoms with Gasteiger partial charge in [-0.25, -0.2) is 8.42 Å². The number of thiophene rings is 1. The van der Waals surface area contributed by atoms with Crippen LogP contribution in [0, 0.1) is 5.92 Å². The van der Waals surface area contributed by atoms with Crippen molar-refractivity contribution < 1.29 is 27.4 Å². The molecule has 11 heteroatoms. The van der Waals surface area contributed by atoms with E-state index in [9.17, 15) is 13.2 Å². The molecule has 38 heavy (non-hydrogen) atoms. The summed E-state index contributed by atoms with van der Waals surface area (Å²) < 4.78 is 43.9. The van der Waals surface area contributed by atoms with Crippen LogP contribution in [0.15, 0.2) is 40.6 Å². The van der Waals surface area contributed by atoms with E-state index in [1.165, 1.54) is 35.5 Å². The Morgan fingerprint density at radius 2 is 1.84 bits per heavy atom. The highest BCUT2D eigenvalue weighted by Gasteiger charge is 2.34. The molecule has 2 aliphatic rings. The van der Waals surface area contributed by atoms with Crippen LogP contribution < -0.4 is 14.8 Å². The largest absolute Gasteiger partial charge is 0.493 e. The Labute approximate surface area is 230 Å². The molecule has 0 spiro atoms. The number of nitrogens with zero attached hydrogens (tertiary/aromatic N) is 2. The summed E-state index contributed by atoms with van der Waals surface area (Å²) >= 11 is 1.81. The van der Waals surface area contributed by atoms with Gasteiger partial charge < -0.3 is 24.4 Å². The van der Waals surface area contributed by atoms with Crippen molar-refractivity contribution in [1.82, 2.24) is 14.5 Å². The molecule has 1 N–H and O–H groups in total. The predicted octanol–water partition coefficient (Wildman–Crippen LogP) is 3.52. The van der Waals surface area contributed by atoms with Gasteiger partial charge in [0.2, 0.25) is 15.9 Å². The molecular formula is C27H39N3O6S2. The summed E-state index contributed by atoms with van der Waals surface area (Å²) in [7, 11) is 3.54. The zero-order valence-corrected chi connectivity index (χ0v) is 24.2. The monoisotopic (exact) mass is 565 g/mol. The fourth-order valence-corrected chi connectivity index (χ4v) is 8.10. The topological polar surface area (TPSA) is 97.4 Å². The number of benzene rings is 1. The maximum Gasteiger partial charge on any atom is 0.246 e. The van der Waals surface area contributed by atoms with Gasteiger partial charge in [0.1, 0.15) is 6.61 Å². The molecule has 1 amide bonds. The molecule has 1 aliphatic heterocycles. The number of ether oxygens (including phenoxy) is 3. The number of rotatable bonds is 11. The lowest BCUT2D eigenvalue weighted by atomic mass is 9.80. The third-order valence-electron chi connectivity index (χ3n) is 7.53. The molecule has 1 aromatic carbocycles. The van der Waals surface area contributed by atoms with E-state index in [0.29, 0.717) is 36.4 Å². The average Bonchev–Trinajstić information content (AvgIpc) is 3.61. The summed E-state index contributed by atoms with van der Waals surface area (Å²) in [6, 6.07) is 9.44. The van der Waals surface area contributed by atoms with E-state index < -0.39 is 10.0 Å². The first kappa shape index (κ1) is 28.8. The van der Waals surface area contributed by atoms with Crippen molar-refractivity contribution in [2.24, 2.45) is 5.92 Å². The van der Waals surface area contributed by atoms with Gasteiger partial charge in [-0.1, -0.05) is 6.07 Å². The van der Waals surface area contributed by atoms with E-state index in [1.54, 1.807) is 17.4 Å². The smallest absolute Gasteiger partial charge is 0.246 e. The van der Waals surface area contributed by atoms with Crippen molar-refractivity contribution in [1.29, 1.82) is 0 Å². The minimum atomic E-state index is -3.71. The van der Waals surface area contributed by atoms with Crippen molar-refractivity contribution >= 4 is 27.3 Å². The molecule has 1 aromatic heterocycles. The zero-order valence-electron chi connectivity index (χ0n) is 22.6. The zero-order chi connectivity index (χ0) is 27.3. The lowest BCUT2D eigenvalue weighted by molar-refractivity contribution is -0.128. The first-order chi connectivity index (χ1) is 18.2. The third kappa shape index (κ3) is 6.69. The first-order valence-corrected chi connectivity index (χ1v) is 15.4. The van der Waals surface area contributed by atoms with Crippen LogP contribution in [-0.2, 0) is 19.6 Å². The Kier molecular flexibility index (Phi) is 9.69. The van der Waals surface area contributed by atoms with Gasteiger partial charge in [-0.15, -0.1) is 11.3 Å². The first-order valence-electron chi connectivity index (χ1n) is 13.1. The molecule has 1 aliphatic carbocycles. The molecule has 1 saturated heterocycles. The third-order valence-corrected chi connectivity index (χ3v) is 10.3. The fraction of sp³-hybridized carbons (Fsp3) is 0.593. The van der Waals surface area contributed by atoms with Gasteiger partial charge >= 0.3 is 0 Å². The fourth-order valence-electron chi connectivity index (χ4n) is 5.59. The highest BCUT2D eigenvalue weighted by Crippen LogP contribution is 2.39. The van der Waals surface area contributed by atoms with E-state index in [-0.39, 0.29) is 36.1 Å². The van der Waals surface area contributed by atoms with Crippen molar-refractivity contribution in [3.63, 3.8) is 0 Å². The highest BCUT2D eigenvalue weighted by atomic mass is 32.2. The standard InChI is InChI=1S/C27H39N3O6S2/c1-29(2)27(25-6-5-15-37-25)19-7-9-20(10-8-19)28-26(31)18-36-21-13-14-30(17-21)38(32,33)22-11-12-23(34-3)24(16-22)35-4/h5-6,11-12,15-16,19-21,27H,7-10,13-14,17-18H2,1-4H3,(H,28,31). The van der Waals surface area contributed by atoms with Gasteiger partial charge in [0.15, 0.2) is 11.5 Å². The molecule has 1 saturated carbocycles. The number of nitrogens with one attached hydrogen (secondary N) is 1. The van der Waals surface area contributed by atoms with E-state index >= 15 is 0 Å². The molecule has 210 valence electrons. The van der Waals surface area contributed by atoms with Crippen molar-refractivity contribution in [3.8, 4) is 11.5 Å². The molecular weight excluding hydrogens is 526 g/mol. The summed E-state index contributed by atoms with van der Waals surface area (Å²) in [5.41, 5.74) is 0. The summed E-state index contributed by atoms with van der Waals surface area (Å²) in [6.07, 6.45) is 4.26. The summed E-state index contributed by atoms with van der Waals surface area (Å²) in [5.74, 6) is 1.26. The maximum absolute atomic E-state index is 13.1. The van der Waals surface area contributed by atoms with E-state index in [4.69, 9.17) is 14.2 Å². The number of carbonyl (C=O) groups is 1. The Morgan fingerprint density at radius 1 is 1.11 bits per heavy atom. The molecule has 0 radical (unpaired) electrons. The van der Waals surface area contributed by atoms with Crippen molar-refractivity contribution in [3.05, 3.63) is 40.6 Å². The van der Waals surface area contributed by atoms with Crippen LogP contribution in [0.3, 0.4) is 0 Å². The molecule has 2 unspecified atom stereocenters. The maximum atomic E-state index is 13.1. The Hall–Kier alpha value is -2.18. The van der Waals surface area contributed by atoms with Gasteiger partial charge in [-0.3, -0.25) is 4.79 Å². The highest BCUT2D eigenvalue weighted by molar-refractivity contribution is 7.89. The molecule has 2 fully saturated rings. The molecule has 0 bridgehead atoms. The van der Waals surface area contributed by atoms with Gasteiger partial charge in [-0.2, -0.15) is 4.31 Å². The molecule has 4 rings (SSSR count). The van der Waals surface area contributed by atoms with Crippen molar-refractivity contribution in [2.75, 3.05) is 48.0 Å². The van der Waals surface area contributed by atoms with Crippen LogP contribution in [0.1, 0.15) is 43.0 Å². The normalized spacial score (nSPS) is 23.3. The summed E-state index contributed by atoms with van der Waals surface area (Å²) in [6.45, 7) is 0.484. The lowest BCUT2D eigenvalue weighted by Crippen LogP contribution is -2.41. The van der Waals surface area contributed by atoms with Crippen LogP contribution in [0.5, 0.6) is 11.5 Å². The Morgan fingerprint density at radius 3 is 2.47 bits per heavy atom. The summed E-state index contributed by atoms with van der Waals surface area (Å²) in [5, 5.41) is 5.26. The van der Waals surface area contributed by atoms with Crippen LogP contribution in [0.4, 0.5) is 0 Å². The predicted molar refractivity (Wildman–Crippen MR) is 147 cm³/mol. The van der Waals surface area contributed by atoms with Crippen LogP contribution >= 0.6 is 11.3 Å². The van der Waals surface area contributed by atoms with Gasteiger partial charge in [0, 0.05) is 36.1 Å². The van der Waals surface area contributed by atoms with E-state index in [1.807, 2.05) is 0 Å². The minimum Gasteiger partial charge on any atom is -0.493 e. The van der Waals surface area contributed by atoms with Gasteiger partial charge in [0.25, 0.3) is 0 Å². The van der Waals surface area contributed by atoms with Crippen LogP contribution in [-0.4, -0.2) is 83.7 Å². The molecule has 2 atom stereocenters. The second kappa shape index (κ2) is 12.8. The van der Waals surface area contributed by atoms with Gasteiger partial charge in [-0.05, 0) is 75.7 Å². The van der Waals surface area contributed by atoms with Crippen molar-refractivity contribution in [2.45, 2.75) is 55.2 Å². The molecule has 9 nitrogen and oxygen atoms in total. The second-order valence-corrected chi connectivity index (χ2v) is 13.1. The second-order valence-electron chi connectivity index (χ2n) is 10.2. The number of methoxy groups -OCH3 is 2. The minimum absolute atomic E-state index is 0.0651. The molecule has 2 heterocycles. The lowest BCUT2D eigenvalue weighted by Gasteiger charge is -2.37. The van der Waals surface area contributed by atoms with Gasteiger partial charge in [0.05, 0.1) is 25.2 Å². The average molecular weight is 566 g/mol. The van der Waals surface area contributed by atoms with Crippen LogP contribution in [0.2, 0.25) is 0 Å². The van der Waals surface area contributed by atoms with Crippen LogP contribution in [0.25, 0.3) is 0 Å². The number of hydrogen-bond donors (Lipinski definition) is 1. The molecule has 2 aromatic rings. The number of sulfonamides is 1. The summed E-state index contributed by atoms with van der Waals surface area (Å²) in [4.78, 5) is 16.5. The number of carbonyl (C=O) groups excluding carboxylic acids is 1. The number of amides is 1. The van der Waals surface area contributed by atoms with E-state index in [0.717, 1.165) is 25.7 Å². The Bertz CT molecular complexity index is 1160. The van der Waals surface area contributed by atoms with E-state index in [2.05, 4.69) is 41.8 Å². The SMILES string of the molecule is COc1ccc(S(=O)(=O)N2CCC(OCC(=O)NC3CCC(C(c4cccs4)N(C)C)CC3)C2)cc1OC. The number of hydrogen-bond acceptors (Lipinski definition) is 8.